The highest BCUT2D eigenvalue weighted by atomic mass is 16.5. The van der Waals surface area contributed by atoms with Crippen LogP contribution in [0.15, 0.2) is 42.5 Å². The lowest BCUT2D eigenvalue weighted by Crippen LogP contribution is -2.30. The molecular weight excluding hydrogens is 362 g/mol. The summed E-state index contributed by atoms with van der Waals surface area (Å²) in [5.41, 5.74) is 3.97. The number of hydrogen-bond acceptors (Lipinski definition) is 3. The third-order valence-electron chi connectivity index (χ3n) is 5.57. The van der Waals surface area contributed by atoms with Gasteiger partial charge in [-0.25, -0.2) is 4.98 Å². The van der Waals surface area contributed by atoms with Crippen LogP contribution < -0.4 is 4.74 Å². The lowest BCUT2D eigenvalue weighted by molar-refractivity contribution is 0.0773. The maximum atomic E-state index is 12.7. The quantitative estimate of drug-likeness (QED) is 0.552. The number of rotatable bonds is 8. The highest BCUT2D eigenvalue weighted by molar-refractivity contribution is 5.97. The predicted octanol–water partition coefficient (Wildman–Crippen LogP) is 4.84. The van der Waals surface area contributed by atoms with Gasteiger partial charge in [0.15, 0.2) is 0 Å². The number of fused-ring (bicyclic) bond motifs is 1. The van der Waals surface area contributed by atoms with Crippen molar-refractivity contribution in [3.8, 4) is 5.75 Å². The molecule has 1 fully saturated rings. The second-order valence-corrected chi connectivity index (χ2v) is 7.56. The normalized spacial score (nSPS) is 13.6. The van der Waals surface area contributed by atoms with Gasteiger partial charge in [-0.3, -0.25) is 4.79 Å². The number of carbonyl (C=O) groups is 1. The van der Waals surface area contributed by atoms with E-state index in [2.05, 4.69) is 22.8 Å². The second kappa shape index (κ2) is 8.27. The van der Waals surface area contributed by atoms with Crippen LogP contribution in [0.3, 0.4) is 0 Å². The van der Waals surface area contributed by atoms with Gasteiger partial charge in [-0.1, -0.05) is 12.1 Å². The summed E-state index contributed by atoms with van der Waals surface area (Å²) in [6.07, 6.45) is 3.17. The fourth-order valence-corrected chi connectivity index (χ4v) is 3.89. The number of hydrogen-bond donors (Lipinski definition) is 0. The highest BCUT2D eigenvalue weighted by Crippen LogP contribution is 2.39. The molecule has 1 heterocycles. The molecule has 1 amide bonds. The van der Waals surface area contributed by atoms with E-state index in [1.807, 2.05) is 49.9 Å². The number of carbonyl (C=O) groups excluding carboxylic acids is 1. The van der Waals surface area contributed by atoms with Crippen molar-refractivity contribution in [3.63, 3.8) is 0 Å². The topological polar surface area (TPSA) is 47.4 Å². The van der Waals surface area contributed by atoms with Crippen molar-refractivity contribution in [3.05, 3.63) is 59.4 Å². The van der Waals surface area contributed by atoms with E-state index in [-0.39, 0.29) is 5.91 Å². The Balaban J connectivity index is 1.66. The van der Waals surface area contributed by atoms with Crippen LogP contribution in [0.25, 0.3) is 11.0 Å². The molecule has 152 valence electrons. The molecule has 1 aromatic heterocycles. The summed E-state index contributed by atoms with van der Waals surface area (Å²) < 4.78 is 7.92. The maximum absolute atomic E-state index is 12.7. The van der Waals surface area contributed by atoms with Crippen molar-refractivity contribution in [1.29, 1.82) is 0 Å². The SMILES string of the molecule is CCOc1ccc(Cc2nc3cc(C(=O)N(CC)CC)ccc3n2C2CC2)cc1. The van der Waals surface area contributed by atoms with Crippen molar-refractivity contribution >= 4 is 16.9 Å². The van der Waals surface area contributed by atoms with E-state index in [1.165, 1.54) is 18.4 Å². The molecule has 0 saturated heterocycles. The molecule has 5 nitrogen and oxygen atoms in total. The zero-order chi connectivity index (χ0) is 20.4. The minimum absolute atomic E-state index is 0.0749. The second-order valence-electron chi connectivity index (χ2n) is 7.56. The van der Waals surface area contributed by atoms with Crippen molar-refractivity contribution < 1.29 is 9.53 Å². The Morgan fingerprint density at radius 1 is 1.10 bits per heavy atom. The number of benzene rings is 2. The molecule has 0 atom stereocenters. The highest BCUT2D eigenvalue weighted by Gasteiger charge is 2.28. The summed E-state index contributed by atoms with van der Waals surface area (Å²) >= 11 is 0. The molecule has 1 saturated carbocycles. The number of nitrogens with zero attached hydrogens (tertiary/aromatic N) is 3. The molecule has 4 rings (SSSR count). The van der Waals surface area contributed by atoms with Gasteiger partial charge in [0.2, 0.25) is 0 Å². The molecule has 2 aromatic carbocycles. The molecule has 29 heavy (non-hydrogen) atoms. The van der Waals surface area contributed by atoms with Crippen LogP contribution in [0.4, 0.5) is 0 Å². The van der Waals surface area contributed by atoms with Crippen LogP contribution >= 0.6 is 0 Å². The molecule has 0 bridgehead atoms. The van der Waals surface area contributed by atoms with Gasteiger partial charge in [0, 0.05) is 31.1 Å². The van der Waals surface area contributed by atoms with Crippen molar-refractivity contribution in [2.45, 2.75) is 46.1 Å². The van der Waals surface area contributed by atoms with E-state index < -0.39 is 0 Å². The van der Waals surface area contributed by atoms with E-state index >= 15 is 0 Å². The van der Waals surface area contributed by atoms with Gasteiger partial charge >= 0.3 is 0 Å². The molecule has 3 aromatic rings. The average molecular weight is 392 g/mol. The standard InChI is InChI=1S/C24H29N3O2/c1-4-26(5-2)24(28)18-9-14-22-21(16-18)25-23(27(22)19-10-11-19)15-17-7-12-20(13-8-17)29-6-3/h7-9,12-14,16,19H,4-6,10-11,15H2,1-3H3. The Hall–Kier alpha value is -2.82. The summed E-state index contributed by atoms with van der Waals surface area (Å²) in [4.78, 5) is 19.5. The molecule has 0 spiro atoms. The predicted molar refractivity (Wildman–Crippen MR) is 116 cm³/mol. The summed E-state index contributed by atoms with van der Waals surface area (Å²) in [7, 11) is 0. The van der Waals surface area contributed by atoms with Crippen LogP contribution in [0.5, 0.6) is 5.75 Å². The van der Waals surface area contributed by atoms with Gasteiger partial charge in [-0.2, -0.15) is 0 Å². The minimum atomic E-state index is 0.0749. The zero-order valence-electron chi connectivity index (χ0n) is 17.5. The number of amides is 1. The van der Waals surface area contributed by atoms with E-state index in [4.69, 9.17) is 9.72 Å². The molecule has 5 heteroatoms. The van der Waals surface area contributed by atoms with E-state index in [0.717, 1.165) is 29.0 Å². The first-order valence-electron chi connectivity index (χ1n) is 10.7. The van der Waals surface area contributed by atoms with Crippen LogP contribution in [0.2, 0.25) is 0 Å². The van der Waals surface area contributed by atoms with Gasteiger partial charge in [-0.05, 0) is 69.5 Å². The number of imidazole rings is 1. The molecule has 1 aliphatic carbocycles. The Morgan fingerprint density at radius 2 is 1.83 bits per heavy atom. The average Bonchev–Trinajstić information content (AvgIpc) is 3.51. The third-order valence-corrected chi connectivity index (χ3v) is 5.57. The Kier molecular flexibility index (Phi) is 5.56. The first-order chi connectivity index (χ1) is 14.1. The molecule has 0 radical (unpaired) electrons. The largest absolute Gasteiger partial charge is 0.494 e. The summed E-state index contributed by atoms with van der Waals surface area (Å²) in [6, 6.07) is 14.8. The zero-order valence-corrected chi connectivity index (χ0v) is 17.5. The van der Waals surface area contributed by atoms with Gasteiger partial charge in [-0.15, -0.1) is 0 Å². The molecule has 1 aliphatic rings. The molecule has 0 aliphatic heterocycles. The van der Waals surface area contributed by atoms with E-state index in [0.29, 0.717) is 31.3 Å². The van der Waals surface area contributed by atoms with Gasteiger partial charge in [0.25, 0.3) is 5.91 Å². The summed E-state index contributed by atoms with van der Waals surface area (Å²) in [5, 5.41) is 0. The fraction of sp³-hybridized carbons (Fsp3) is 0.417. The van der Waals surface area contributed by atoms with E-state index in [9.17, 15) is 4.79 Å². The molecule has 0 unspecified atom stereocenters. The molecular formula is C24H29N3O2. The Bertz CT molecular complexity index is 999. The van der Waals surface area contributed by atoms with Crippen molar-refractivity contribution in [2.24, 2.45) is 0 Å². The number of ether oxygens (including phenoxy) is 1. The third kappa shape index (κ3) is 4.00. The van der Waals surface area contributed by atoms with Gasteiger partial charge < -0.3 is 14.2 Å². The fourth-order valence-electron chi connectivity index (χ4n) is 3.89. The lowest BCUT2D eigenvalue weighted by Gasteiger charge is -2.18. The maximum Gasteiger partial charge on any atom is 0.253 e. The first kappa shape index (κ1) is 19.5. The monoisotopic (exact) mass is 391 g/mol. The number of aromatic nitrogens is 2. The lowest BCUT2D eigenvalue weighted by atomic mass is 10.1. The van der Waals surface area contributed by atoms with Gasteiger partial charge in [0.1, 0.15) is 11.6 Å². The molecule has 0 N–H and O–H groups in total. The van der Waals surface area contributed by atoms with Gasteiger partial charge in [0.05, 0.1) is 17.6 Å². The van der Waals surface area contributed by atoms with Crippen molar-refractivity contribution in [1.82, 2.24) is 14.5 Å². The van der Waals surface area contributed by atoms with Crippen LogP contribution in [0.1, 0.15) is 61.4 Å². The van der Waals surface area contributed by atoms with Crippen molar-refractivity contribution in [2.75, 3.05) is 19.7 Å². The van der Waals surface area contributed by atoms with Crippen LogP contribution in [0, 0.1) is 0 Å². The Labute approximate surface area is 172 Å². The van der Waals surface area contributed by atoms with Crippen LogP contribution in [-0.4, -0.2) is 40.1 Å². The first-order valence-corrected chi connectivity index (χ1v) is 10.7. The summed E-state index contributed by atoms with van der Waals surface area (Å²) in [6.45, 7) is 8.11. The minimum Gasteiger partial charge on any atom is -0.494 e. The van der Waals surface area contributed by atoms with Crippen LogP contribution in [-0.2, 0) is 6.42 Å². The van der Waals surface area contributed by atoms with E-state index in [1.54, 1.807) is 0 Å². The smallest absolute Gasteiger partial charge is 0.253 e. The summed E-state index contributed by atoms with van der Waals surface area (Å²) in [5.74, 6) is 2.04. The Morgan fingerprint density at radius 3 is 2.45 bits per heavy atom.